The van der Waals surface area contributed by atoms with E-state index < -0.39 is 10.0 Å². The van der Waals surface area contributed by atoms with Gasteiger partial charge in [-0.25, -0.2) is 17.9 Å². The molecular weight excluding hydrogens is 319 g/mol. The Labute approximate surface area is 132 Å². The minimum Gasteiger partial charge on any atom is -0.360 e. The summed E-state index contributed by atoms with van der Waals surface area (Å²) in [7, 11) is -3.75. The van der Waals surface area contributed by atoms with Gasteiger partial charge in [-0.1, -0.05) is 17.3 Å². The molecule has 118 valence electrons. The third kappa shape index (κ3) is 3.01. The van der Waals surface area contributed by atoms with Crippen molar-refractivity contribution in [3.8, 4) is 22.4 Å². The predicted molar refractivity (Wildman–Crippen MR) is 83.4 cm³/mol. The lowest BCUT2D eigenvalue weighted by molar-refractivity contribution is 0.400. The molecule has 0 saturated carbocycles. The van der Waals surface area contributed by atoms with E-state index in [2.05, 4.69) is 5.16 Å². The van der Waals surface area contributed by atoms with Gasteiger partial charge in [-0.2, -0.15) is 0 Å². The maximum atomic E-state index is 13.1. The van der Waals surface area contributed by atoms with Crippen LogP contribution in [0.2, 0.25) is 0 Å². The standard InChI is InChI=1S/C16H13FN2O3S/c1-10-15(11-4-8-14(9-5-11)23(18,20)21)16(19-22-10)12-2-6-13(17)7-3-12/h2-9H,1H3,(H2,18,20,21). The number of benzene rings is 2. The average molecular weight is 332 g/mol. The Morgan fingerprint density at radius 3 is 2.13 bits per heavy atom. The highest BCUT2D eigenvalue weighted by Gasteiger charge is 2.17. The van der Waals surface area contributed by atoms with Gasteiger partial charge >= 0.3 is 0 Å². The van der Waals surface area contributed by atoms with Crippen LogP contribution in [0.4, 0.5) is 4.39 Å². The highest BCUT2D eigenvalue weighted by atomic mass is 32.2. The predicted octanol–water partition coefficient (Wildman–Crippen LogP) is 3.10. The average Bonchev–Trinajstić information content (AvgIpc) is 2.89. The Kier molecular flexibility index (Phi) is 3.75. The number of halogens is 1. The van der Waals surface area contributed by atoms with Gasteiger partial charge in [0.2, 0.25) is 10.0 Å². The number of sulfonamides is 1. The Balaban J connectivity index is 2.10. The molecule has 5 nitrogen and oxygen atoms in total. The molecule has 0 aliphatic rings. The summed E-state index contributed by atoms with van der Waals surface area (Å²) in [5.74, 6) is 0.237. The third-order valence-corrected chi connectivity index (χ3v) is 4.38. The molecule has 0 radical (unpaired) electrons. The van der Waals surface area contributed by atoms with Crippen molar-refractivity contribution >= 4 is 10.0 Å². The van der Waals surface area contributed by atoms with Crippen LogP contribution in [-0.4, -0.2) is 13.6 Å². The second kappa shape index (κ2) is 5.60. The zero-order valence-corrected chi connectivity index (χ0v) is 13.0. The smallest absolute Gasteiger partial charge is 0.238 e. The van der Waals surface area contributed by atoms with Gasteiger partial charge < -0.3 is 4.52 Å². The summed E-state index contributed by atoms with van der Waals surface area (Å²) >= 11 is 0. The van der Waals surface area contributed by atoms with Gasteiger partial charge in [-0.3, -0.25) is 0 Å². The highest BCUT2D eigenvalue weighted by Crippen LogP contribution is 2.34. The number of primary sulfonamides is 1. The molecule has 3 aromatic rings. The summed E-state index contributed by atoms with van der Waals surface area (Å²) in [5.41, 5.74) is 2.72. The molecule has 0 atom stereocenters. The van der Waals surface area contributed by atoms with Crippen molar-refractivity contribution in [2.45, 2.75) is 11.8 Å². The lowest BCUT2D eigenvalue weighted by atomic mass is 9.99. The molecule has 0 bridgehead atoms. The fourth-order valence-electron chi connectivity index (χ4n) is 2.33. The van der Waals surface area contributed by atoms with Crippen molar-refractivity contribution in [3.05, 3.63) is 60.1 Å². The van der Waals surface area contributed by atoms with E-state index in [0.717, 1.165) is 11.1 Å². The Hall–Kier alpha value is -2.51. The van der Waals surface area contributed by atoms with Crippen molar-refractivity contribution in [3.63, 3.8) is 0 Å². The first kappa shape index (κ1) is 15.4. The molecule has 3 rings (SSSR count). The molecule has 1 heterocycles. The summed E-state index contributed by atoms with van der Waals surface area (Å²) in [5, 5.41) is 9.12. The number of nitrogens with two attached hydrogens (primary N) is 1. The fourth-order valence-corrected chi connectivity index (χ4v) is 2.84. The van der Waals surface area contributed by atoms with Crippen molar-refractivity contribution in [2.24, 2.45) is 5.14 Å². The first-order valence-corrected chi connectivity index (χ1v) is 8.26. The Morgan fingerprint density at radius 2 is 1.57 bits per heavy atom. The van der Waals surface area contributed by atoms with Crippen molar-refractivity contribution in [1.82, 2.24) is 5.16 Å². The van der Waals surface area contributed by atoms with Gasteiger partial charge in [0.05, 0.1) is 10.5 Å². The quantitative estimate of drug-likeness (QED) is 0.798. The maximum Gasteiger partial charge on any atom is 0.238 e. The van der Waals surface area contributed by atoms with Crippen LogP contribution in [0.15, 0.2) is 57.9 Å². The number of nitrogens with zero attached hydrogens (tertiary/aromatic N) is 1. The topological polar surface area (TPSA) is 86.2 Å². The van der Waals surface area contributed by atoms with Gasteiger partial charge in [0.1, 0.15) is 17.3 Å². The van der Waals surface area contributed by atoms with E-state index in [0.29, 0.717) is 17.0 Å². The number of aryl methyl sites for hydroxylation is 1. The van der Waals surface area contributed by atoms with E-state index in [-0.39, 0.29) is 10.7 Å². The number of rotatable bonds is 3. The molecule has 23 heavy (non-hydrogen) atoms. The molecule has 0 spiro atoms. The lowest BCUT2D eigenvalue weighted by Crippen LogP contribution is -2.11. The van der Waals surface area contributed by atoms with Gasteiger partial charge in [-0.15, -0.1) is 0 Å². The second-order valence-corrected chi connectivity index (χ2v) is 6.60. The van der Waals surface area contributed by atoms with Crippen LogP contribution < -0.4 is 5.14 Å². The van der Waals surface area contributed by atoms with Gasteiger partial charge in [0.25, 0.3) is 0 Å². The number of aromatic nitrogens is 1. The van der Waals surface area contributed by atoms with Crippen LogP contribution >= 0.6 is 0 Å². The summed E-state index contributed by atoms with van der Waals surface area (Å²) < 4.78 is 41.0. The van der Waals surface area contributed by atoms with Crippen molar-refractivity contribution in [1.29, 1.82) is 0 Å². The monoisotopic (exact) mass is 332 g/mol. The minimum atomic E-state index is -3.75. The molecule has 2 N–H and O–H groups in total. The van der Waals surface area contributed by atoms with E-state index >= 15 is 0 Å². The molecule has 0 unspecified atom stereocenters. The highest BCUT2D eigenvalue weighted by molar-refractivity contribution is 7.89. The van der Waals surface area contributed by atoms with Crippen molar-refractivity contribution in [2.75, 3.05) is 0 Å². The Morgan fingerprint density at radius 1 is 1.00 bits per heavy atom. The maximum absolute atomic E-state index is 13.1. The second-order valence-electron chi connectivity index (χ2n) is 5.04. The zero-order chi connectivity index (χ0) is 16.6. The first-order valence-electron chi connectivity index (χ1n) is 6.72. The largest absolute Gasteiger partial charge is 0.360 e. The van der Waals surface area contributed by atoms with Crippen LogP contribution in [-0.2, 0) is 10.0 Å². The molecule has 0 aliphatic carbocycles. The van der Waals surface area contributed by atoms with Crippen LogP contribution in [0.1, 0.15) is 5.76 Å². The van der Waals surface area contributed by atoms with Crippen LogP contribution in [0.5, 0.6) is 0 Å². The van der Waals surface area contributed by atoms with E-state index in [1.165, 1.54) is 24.3 Å². The molecular formula is C16H13FN2O3S. The summed E-state index contributed by atoms with van der Waals surface area (Å²) in [6, 6.07) is 12.0. The summed E-state index contributed by atoms with van der Waals surface area (Å²) in [6.07, 6.45) is 0. The third-order valence-electron chi connectivity index (χ3n) is 3.45. The van der Waals surface area contributed by atoms with E-state index in [4.69, 9.17) is 9.66 Å². The number of hydrogen-bond acceptors (Lipinski definition) is 4. The van der Waals surface area contributed by atoms with Gasteiger partial charge in [0.15, 0.2) is 0 Å². The van der Waals surface area contributed by atoms with E-state index in [1.54, 1.807) is 31.2 Å². The van der Waals surface area contributed by atoms with Crippen LogP contribution in [0, 0.1) is 12.7 Å². The SMILES string of the molecule is Cc1onc(-c2ccc(F)cc2)c1-c1ccc(S(N)(=O)=O)cc1. The van der Waals surface area contributed by atoms with Crippen LogP contribution in [0.3, 0.4) is 0 Å². The fraction of sp³-hybridized carbons (Fsp3) is 0.0625. The minimum absolute atomic E-state index is 0.0266. The molecule has 0 amide bonds. The van der Waals surface area contributed by atoms with Crippen LogP contribution in [0.25, 0.3) is 22.4 Å². The number of hydrogen-bond donors (Lipinski definition) is 1. The van der Waals surface area contributed by atoms with E-state index in [1.807, 2.05) is 0 Å². The van der Waals surface area contributed by atoms with Crippen molar-refractivity contribution < 1.29 is 17.3 Å². The molecule has 7 heteroatoms. The summed E-state index contributed by atoms with van der Waals surface area (Å²) in [4.78, 5) is 0.0266. The van der Waals surface area contributed by atoms with E-state index in [9.17, 15) is 12.8 Å². The lowest BCUT2D eigenvalue weighted by Gasteiger charge is -2.05. The molecule has 0 fully saturated rings. The summed E-state index contributed by atoms with van der Waals surface area (Å²) in [6.45, 7) is 1.75. The molecule has 0 saturated heterocycles. The molecule has 2 aromatic carbocycles. The molecule has 0 aliphatic heterocycles. The zero-order valence-electron chi connectivity index (χ0n) is 12.2. The first-order chi connectivity index (χ1) is 10.9. The van der Waals surface area contributed by atoms with Gasteiger partial charge in [-0.05, 0) is 48.9 Å². The normalized spacial score (nSPS) is 11.6. The van der Waals surface area contributed by atoms with Gasteiger partial charge in [0, 0.05) is 5.56 Å². The molecule has 1 aromatic heterocycles. The Bertz CT molecular complexity index is 946.